The van der Waals surface area contributed by atoms with Gasteiger partial charge in [-0.1, -0.05) is 11.6 Å². The molecule has 0 aliphatic heterocycles. The molecule has 2 rings (SSSR count). The van der Waals surface area contributed by atoms with Crippen molar-refractivity contribution in [3.05, 3.63) is 35.2 Å². The van der Waals surface area contributed by atoms with Crippen LogP contribution in [0.1, 0.15) is 12.7 Å². The summed E-state index contributed by atoms with van der Waals surface area (Å²) in [4.78, 5) is 8.65. The van der Waals surface area contributed by atoms with Gasteiger partial charge in [0.1, 0.15) is 5.82 Å². The first-order valence-electron chi connectivity index (χ1n) is 4.82. The average molecular weight is 222 g/mol. The van der Waals surface area contributed by atoms with Crippen LogP contribution in [0.15, 0.2) is 24.4 Å². The number of hydrogen-bond acceptors (Lipinski definition) is 3. The molecular formula is C11H12ClN3. The van der Waals surface area contributed by atoms with Crippen LogP contribution in [0, 0.1) is 0 Å². The molecule has 0 bridgehead atoms. The number of hydrogen-bond donors (Lipinski definition) is 1. The van der Waals surface area contributed by atoms with Crippen LogP contribution in [-0.2, 0) is 6.42 Å². The highest BCUT2D eigenvalue weighted by Gasteiger charge is 2.03. The molecule has 0 spiro atoms. The maximum absolute atomic E-state index is 5.87. The van der Waals surface area contributed by atoms with Gasteiger partial charge >= 0.3 is 0 Å². The summed E-state index contributed by atoms with van der Waals surface area (Å²) in [5.41, 5.74) is 6.60. The third-order valence-electron chi connectivity index (χ3n) is 2.10. The Hall–Kier alpha value is -1.19. The first-order valence-corrected chi connectivity index (χ1v) is 5.20. The van der Waals surface area contributed by atoms with Crippen LogP contribution in [-0.4, -0.2) is 16.0 Å². The van der Waals surface area contributed by atoms with Crippen LogP contribution in [0.5, 0.6) is 0 Å². The monoisotopic (exact) mass is 221 g/mol. The number of aromatic nitrogens is 2. The zero-order valence-electron chi connectivity index (χ0n) is 8.44. The van der Waals surface area contributed by atoms with Gasteiger partial charge in [0, 0.05) is 29.1 Å². The Kier molecular flexibility index (Phi) is 2.84. The molecule has 0 aliphatic carbocycles. The van der Waals surface area contributed by atoms with Crippen LogP contribution in [0.4, 0.5) is 0 Å². The van der Waals surface area contributed by atoms with E-state index in [1.165, 1.54) is 0 Å². The van der Waals surface area contributed by atoms with Crippen molar-refractivity contribution in [2.75, 3.05) is 0 Å². The average Bonchev–Trinajstić information content (AvgIpc) is 2.17. The quantitative estimate of drug-likeness (QED) is 0.846. The molecule has 15 heavy (non-hydrogen) atoms. The molecule has 1 heterocycles. The van der Waals surface area contributed by atoms with Crippen molar-refractivity contribution >= 4 is 22.5 Å². The minimum Gasteiger partial charge on any atom is -0.328 e. The summed E-state index contributed by atoms with van der Waals surface area (Å²) in [7, 11) is 0. The molecule has 0 aliphatic rings. The fourth-order valence-corrected chi connectivity index (χ4v) is 1.61. The molecular weight excluding hydrogens is 210 g/mol. The molecule has 78 valence electrons. The largest absolute Gasteiger partial charge is 0.328 e. The second kappa shape index (κ2) is 4.13. The first kappa shape index (κ1) is 10.3. The number of benzene rings is 1. The van der Waals surface area contributed by atoms with Crippen LogP contribution in [0.25, 0.3) is 10.9 Å². The van der Waals surface area contributed by atoms with Gasteiger partial charge in [0.25, 0.3) is 0 Å². The van der Waals surface area contributed by atoms with Gasteiger partial charge in [-0.15, -0.1) is 0 Å². The predicted octanol–water partition coefficient (Wildman–Crippen LogP) is 2.17. The highest BCUT2D eigenvalue weighted by atomic mass is 35.5. The second-order valence-electron chi connectivity index (χ2n) is 3.67. The van der Waals surface area contributed by atoms with E-state index in [0.717, 1.165) is 16.7 Å². The van der Waals surface area contributed by atoms with Crippen LogP contribution >= 0.6 is 11.6 Å². The van der Waals surface area contributed by atoms with E-state index in [-0.39, 0.29) is 6.04 Å². The molecule has 0 fully saturated rings. The molecule has 1 aromatic heterocycles. The number of rotatable bonds is 2. The fourth-order valence-electron chi connectivity index (χ4n) is 1.43. The molecule has 4 heteroatoms. The van der Waals surface area contributed by atoms with Crippen molar-refractivity contribution in [3.63, 3.8) is 0 Å². The number of nitrogens with zero attached hydrogens (tertiary/aromatic N) is 2. The molecule has 2 N–H and O–H groups in total. The van der Waals surface area contributed by atoms with E-state index in [0.29, 0.717) is 11.4 Å². The Bertz CT molecular complexity index is 482. The Morgan fingerprint density at radius 2 is 2.27 bits per heavy atom. The van der Waals surface area contributed by atoms with E-state index in [2.05, 4.69) is 9.97 Å². The summed E-state index contributed by atoms with van der Waals surface area (Å²) in [5, 5.41) is 1.65. The molecule has 0 radical (unpaired) electrons. The lowest BCUT2D eigenvalue weighted by Crippen LogP contribution is -2.19. The molecule has 2 aromatic rings. The zero-order valence-corrected chi connectivity index (χ0v) is 9.20. The van der Waals surface area contributed by atoms with Gasteiger partial charge in [-0.3, -0.25) is 0 Å². The van der Waals surface area contributed by atoms with E-state index >= 15 is 0 Å². The Balaban J connectivity index is 2.43. The van der Waals surface area contributed by atoms with Crippen LogP contribution in [0.3, 0.4) is 0 Å². The highest BCUT2D eigenvalue weighted by Crippen LogP contribution is 2.16. The molecule has 0 amide bonds. The third kappa shape index (κ3) is 2.43. The number of nitrogens with two attached hydrogens (primary N) is 1. The van der Waals surface area contributed by atoms with E-state index in [4.69, 9.17) is 17.3 Å². The summed E-state index contributed by atoms with van der Waals surface area (Å²) in [5.74, 6) is 0.778. The van der Waals surface area contributed by atoms with Crippen molar-refractivity contribution in [2.45, 2.75) is 19.4 Å². The van der Waals surface area contributed by atoms with Crippen LogP contribution in [0.2, 0.25) is 5.02 Å². The van der Waals surface area contributed by atoms with Gasteiger partial charge in [-0.25, -0.2) is 9.97 Å². The van der Waals surface area contributed by atoms with Gasteiger partial charge in [0.15, 0.2) is 0 Å². The zero-order chi connectivity index (χ0) is 10.8. The van der Waals surface area contributed by atoms with Gasteiger partial charge in [-0.05, 0) is 25.1 Å². The van der Waals surface area contributed by atoms with Gasteiger partial charge < -0.3 is 5.73 Å². The lowest BCUT2D eigenvalue weighted by atomic mass is 10.2. The Labute approximate surface area is 93.3 Å². The van der Waals surface area contributed by atoms with E-state index in [1.807, 2.05) is 25.1 Å². The van der Waals surface area contributed by atoms with Crippen molar-refractivity contribution in [3.8, 4) is 0 Å². The van der Waals surface area contributed by atoms with Gasteiger partial charge in [0.2, 0.25) is 0 Å². The Morgan fingerprint density at radius 3 is 3.00 bits per heavy atom. The van der Waals surface area contributed by atoms with Crippen molar-refractivity contribution < 1.29 is 0 Å². The van der Waals surface area contributed by atoms with E-state index < -0.39 is 0 Å². The summed E-state index contributed by atoms with van der Waals surface area (Å²) in [6.07, 6.45) is 2.48. The van der Waals surface area contributed by atoms with Gasteiger partial charge in [0.05, 0.1) is 5.52 Å². The smallest absolute Gasteiger partial charge is 0.130 e. The summed E-state index contributed by atoms with van der Waals surface area (Å²) in [6, 6.07) is 5.65. The molecule has 1 atom stereocenters. The van der Waals surface area contributed by atoms with Crippen molar-refractivity contribution in [1.82, 2.24) is 9.97 Å². The number of halogens is 1. The third-order valence-corrected chi connectivity index (χ3v) is 2.33. The topological polar surface area (TPSA) is 51.8 Å². The lowest BCUT2D eigenvalue weighted by molar-refractivity contribution is 0.705. The fraction of sp³-hybridized carbons (Fsp3) is 0.273. The maximum atomic E-state index is 5.87. The second-order valence-corrected chi connectivity index (χ2v) is 4.11. The standard InChI is InChI=1S/C11H12ClN3/c1-7(13)4-11-14-6-8-5-9(12)2-3-10(8)15-11/h2-3,5-7H,4,13H2,1H3. The summed E-state index contributed by atoms with van der Waals surface area (Å²) in [6.45, 7) is 1.94. The molecule has 0 saturated heterocycles. The van der Waals surface area contributed by atoms with E-state index in [1.54, 1.807) is 6.20 Å². The highest BCUT2D eigenvalue weighted by molar-refractivity contribution is 6.31. The summed E-state index contributed by atoms with van der Waals surface area (Å²) < 4.78 is 0. The number of fused-ring (bicyclic) bond motifs is 1. The molecule has 1 aromatic carbocycles. The van der Waals surface area contributed by atoms with E-state index in [9.17, 15) is 0 Å². The minimum atomic E-state index is 0.0785. The van der Waals surface area contributed by atoms with Crippen molar-refractivity contribution in [1.29, 1.82) is 0 Å². The predicted molar refractivity (Wildman–Crippen MR) is 61.9 cm³/mol. The normalized spacial score (nSPS) is 13.0. The lowest BCUT2D eigenvalue weighted by Gasteiger charge is -2.04. The Morgan fingerprint density at radius 1 is 1.47 bits per heavy atom. The van der Waals surface area contributed by atoms with Crippen LogP contribution < -0.4 is 5.73 Å². The maximum Gasteiger partial charge on any atom is 0.130 e. The molecule has 0 saturated carbocycles. The van der Waals surface area contributed by atoms with Gasteiger partial charge in [-0.2, -0.15) is 0 Å². The molecule has 1 unspecified atom stereocenters. The summed E-state index contributed by atoms with van der Waals surface area (Å²) >= 11 is 5.87. The first-order chi connectivity index (χ1) is 7.15. The molecule has 3 nitrogen and oxygen atoms in total. The SMILES string of the molecule is CC(N)Cc1ncc2cc(Cl)ccc2n1. The minimum absolute atomic E-state index is 0.0785. The van der Waals surface area contributed by atoms with Crippen molar-refractivity contribution in [2.24, 2.45) is 5.73 Å².